The fourth-order valence-corrected chi connectivity index (χ4v) is 3.10. The smallest absolute Gasteiger partial charge is 0.293 e. The first-order chi connectivity index (χ1) is 9.85. The van der Waals surface area contributed by atoms with Crippen LogP contribution in [0.2, 0.25) is 0 Å². The Balaban J connectivity index is 2.45. The minimum absolute atomic E-state index is 0.108. The summed E-state index contributed by atoms with van der Waals surface area (Å²) in [7, 11) is -2.43. The van der Waals surface area contributed by atoms with Crippen molar-refractivity contribution in [1.29, 1.82) is 0 Å². The van der Waals surface area contributed by atoms with Gasteiger partial charge in [-0.25, -0.2) is 13.1 Å². The molecule has 0 spiro atoms. The Bertz CT molecular complexity index is 647. The van der Waals surface area contributed by atoms with E-state index in [4.69, 9.17) is 0 Å². The lowest BCUT2D eigenvalue weighted by Crippen LogP contribution is -2.49. The van der Waals surface area contributed by atoms with Gasteiger partial charge in [0.05, 0.1) is 9.82 Å². The number of piperazine rings is 1. The molecule has 1 aromatic rings. The topological polar surface area (TPSA) is 105 Å². The monoisotopic (exact) mass is 314 g/mol. The van der Waals surface area contributed by atoms with Gasteiger partial charge in [0.1, 0.15) is 5.69 Å². The van der Waals surface area contributed by atoms with Gasteiger partial charge < -0.3 is 10.2 Å². The minimum Gasteiger partial charge on any atom is -0.363 e. The van der Waals surface area contributed by atoms with Crippen molar-refractivity contribution in [1.82, 2.24) is 10.0 Å². The number of hydrogen-bond acceptors (Lipinski definition) is 6. The van der Waals surface area contributed by atoms with E-state index < -0.39 is 14.9 Å². The van der Waals surface area contributed by atoms with Crippen LogP contribution in [-0.4, -0.2) is 46.1 Å². The minimum atomic E-state index is -3.70. The van der Waals surface area contributed by atoms with Crippen molar-refractivity contribution in [2.45, 2.75) is 17.9 Å². The Morgan fingerprint density at radius 1 is 1.48 bits per heavy atom. The fraction of sp³-hybridized carbons (Fsp3) is 0.500. The molecule has 1 aliphatic heterocycles. The van der Waals surface area contributed by atoms with E-state index in [9.17, 15) is 18.5 Å². The highest BCUT2D eigenvalue weighted by atomic mass is 32.2. The zero-order valence-electron chi connectivity index (χ0n) is 11.9. The first-order valence-corrected chi connectivity index (χ1v) is 8.04. The van der Waals surface area contributed by atoms with E-state index in [1.54, 1.807) is 0 Å². The van der Waals surface area contributed by atoms with Crippen molar-refractivity contribution in [2.75, 3.05) is 31.6 Å². The summed E-state index contributed by atoms with van der Waals surface area (Å²) < 4.78 is 25.7. The highest BCUT2D eigenvalue weighted by molar-refractivity contribution is 7.89. The maximum atomic E-state index is 11.8. The third kappa shape index (κ3) is 3.31. The molecule has 21 heavy (non-hydrogen) atoms. The molecule has 2 rings (SSSR count). The number of hydrogen-bond donors (Lipinski definition) is 2. The molecule has 1 atom stereocenters. The molecular formula is C12H18N4O4S. The molecule has 1 heterocycles. The van der Waals surface area contributed by atoms with E-state index in [0.717, 1.165) is 12.6 Å². The third-order valence-electron chi connectivity index (χ3n) is 3.43. The highest BCUT2D eigenvalue weighted by Crippen LogP contribution is 2.31. The first kappa shape index (κ1) is 15.7. The average molecular weight is 314 g/mol. The van der Waals surface area contributed by atoms with Gasteiger partial charge in [-0.05, 0) is 26.1 Å². The van der Waals surface area contributed by atoms with Crippen molar-refractivity contribution in [2.24, 2.45) is 0 Å². The largest absolute Gasteiger partial charge is 0.363 e. The predicted molar refractivity (Wildman–Crippen MR) is 79.0 cm³/mol. The zero-order valence-corrected chi connectivity index (χ0v) is 12.7. The van der Waals surface area contributed by atoms with Gasteiger partial charge in [-0.2, -0.15) is 0 Å². The van der Waals surface area contributed by atoms with E-state index in [1.165, 1.54) is 19.2 Å². The molecule has 0 saturated carbocycles. The van der Waals surface area contributed by atoms with Gasteiger partial charge in [-0.3, -0.25) is 10.1 Å². The number of sulfonamides is 1. The lowest BCUT2D eigenvalue weighted by molar-refractivity contribution is -0.384. The van der Waals surface area contributed by atoms with Crippen LogP contribution in [0.4, 0.5) is 11.4 Å². The van der Waals surface area contributed by atoms with Crippen LogP contribution in [0.5, 0.6) is 0 Å². The van der Waals surface area contributed by atoms with Crippen molar-refractivity contribution in [3.63, 3.8) is 0 Å². The molecule has 0 radical (unpaired) electrons. The van der Waals surface area contributed by atoms with Gasteiger partial charge in [0.15, 0.2) is 0 Å². The molecule has 0 amide bonds. The molecule has 9 heteroatoms. The van der Waals surface area contributed by atoms with Crippen LogP contribution in [0.15, 0.2) is 23.1 Å². The number of benzene rings is 1. The molecule has 0 aliphatic carbocycles. The number of nitro benzene ring substituents is 1. The normalized spacial score (nSPS) is 19.5. The number of rotatable bonds is 4. The Morgan fingerprint density at radius 2 is 2.19 bits per heavy atom. The Kier molecular flexibility index (Phi) is 4.45. The summed E-state index contributed by atoms with van der Waals surface area (Å²) in [4.78, 5) is 12.5. The molecule has 116 valence electrons. The second kappa shape index (κ2) is 5.96. The van der Waals surface area contributed by atoms with E-state index in [2.05, 4.69) is 10.0 Å². The number of nitrogens with zero attached hydrogens (tertiary/aromatic N) is 2. The summed E-state index contributed by atoms with van der Waals surface area (Å²) in [6.45, 7) is 4.01. The third-order valence-corrected chi connectivity index (χ3v) is 4.84. The molecule has 1 fully saturated rings. The molecular weight excluding hydrogens is 296 g/mol. The maximum Gasteiger partial charge on any atom is 0.293 e. The molecule has 1 saturated heterocycles. The average Bonchev–Trinajstić information content (AvgIpc) is 2.46. The van der Waals surface area contributed by atoms with Gasteiger partial charge in [0.25, 0.3) is 5.69 Å². The lowest BCUT2D eigenvalue weighted by Gasteiger charge is -2.33. The second-order valence-electron chi connectivity index (χ2n) is 4.92. The Morgan fingerprint density at radius 3 is 2.76 bits per heavy atom. The van der Waals surface area contributed by atoms with Crippen molar-refractivity contribution in [3.05, 3.63) is 28.3 Å². The van der Waals surface area contributed by atoms with Crippen LogP contribution in [0.3, 0.4) is 0 Å². The highest BCUT2D eigenvalue weighted by Gasteiger charge is 2.26. The van der Waals surface area contributed by atoms with Crippen LogP contribution >= 0.6 is 0 Å². The van der Waals surface area contributed by atoms with Gasteiger partial charge in [0.2, 0.25) is 10.0 Å². The van der Waals surface area contributed by atoms with E-state index >= 15 is 0 Å². The lowest BCUT2D eigenvalue weighted by atomic mass is 10.2. The van der Waals surface area contributed by atoms with Crippen LogP contribution < -0.4 is 14.9 Å². The van der Waals surface area contributed by atoms with Crippen molar-refractivity contribution >= 4 is 21.4 Å². The van der Waals surface area contributed by atoms with Crippen LogP contribution in [0.25, 0.3) is 0 Å². The fourth-order valence-electron chi connectivity index (χ4n) is 2.35. The molecule has 0 aromatic heterocycles. The SMILES string of the molecule is CNS(=O)(=O)c1ccc(N2CCNC(C)C2)c([N+](=O)[O-])c1. The number of anilines is 1. The van der Waals surface area contributed by atoms with Gasteiger partial charge in [0, 0.05) is 31.7 Å². The van der Waals surface area contributed by atoms with Gasteiger partial charge in [-0.15, -0.1) is 0 Å². The van der Waals surface area contributed by atoms with E-state index in [-0.39, 0.29) is 16.6 Å². The summed E-state index contributed by atoms with van der Waals surface area (Å²) in [5, 5.41) is 14.5. The molecule has 0 bridgehead atoms. The van der Waals surface area contributed by atoms with Gasteiger partial charge >= 0.3 is 0 Å². The molecule has 1 unspecified atom stereocenters. The summed E-state index contributed by atoms with van der Waals surface area (Å²) in [6, 6.07) is 4.22. The zero-order chi connectivity index (χ0) is 15.6. The Hall–Kier alpha value is -1.71. The first-order valence-electron chi connectivity index (χ1n) is 6.55. The predicted octanol–water partition coefficient (Wildman–Crippen LogP) is 0.301. The molecule has 1 aromatic carbocycles. The Labute approximate surface area is 123 Å². The standard InChI is InChI=1S/C12H18N4O4S/c1-9-8-15(6-5-14-9)11-4-3-10(21(19,20)13-2)7-12(11)16(17)18/h3-4,7,9,13-14H,5-6,8H2,1-2H3. The molecule has 8 nitrogen and oxygen atoms in total. The quantitative estimate of drug-likeness (QED) is 0.612. The summed E-state index contributed by atoms with van der Waals surface area (Å²) in [5.74, 6) is 0. The van der Waals surface area contributed by atoms with Crippen LogP contribution in [0, 0.1) is 10.1 Å². The molecule has 2 N–H and O–H groups in total. The molecule has 1 aliphatic rings. The van der Waals surface area contributed by atoms with Crippen LogP contribution in [0.1, 0.15) is 6.92 Å². The van der Waals surface area contributed by atoms with Crippen LogP contribution in [-0.2, 0) is 10.0 Å². The maximum absolute atomic E-state index is 11.8. The number of nitro groups is 1. The second-order valence-corrected chi connectivity index (χ2v) is 6.80. The van der Waals surface area contributed by atoms with Crippen molar-refractivity contribution in [3.8, 4) is 0 Å². The number of nitrogens with one attached hydrogen (secondary N) is 2. The summed E-state index contributed by atoms with van der Waals surface area (Å²) in [5.41, 5.74) is 0.254. The summed E-state index contributed by atoms with van der Waals surface area (Å²) >= 11 is 0. The van der Waals surface area contributed by atoms with E-state index in [0.29, 0.717) is 18.8 Å². The van der Waals surface area contributed by atoms with Gasteiger partial charge in [-0.1, -0.05) is 0 Å². The summed E-state index contributed by atoms with van der Waals surface area (Å²) in [6.07, 6.45) is 0. The van der Waals surface area contributed by atoms with E-state index in [1.807, 2.05) is 11.8 Å². The van der Waals surface area contributed by atoms with Crippen molar-refractivity contribution < 1.29 is 13.3 Å².